The molecule has 0 radical (unpaired) electrons. The lowest BCUT2D eigenvalue weighted by molar-refractivity contribution is 0.0600. The topological polar surface area (TPSA) is 59.4 Å². The van der Waals surface area contributed by atoms with Gasteiger partial charge >= 0.3 is 5.97 Å². The minimum atomic E-state index is -0.321. The number of rotatable bonds is 6. The number of carbonyl (C=O) groups is 1. The number of methoxy groups -OCH3 is 1. The zero-order valence-corrected chi connectivity index (χ0v) is 18.8. The second-order valence-electron chi connectivity index (χ2n) is 8.45. The van der Waals surface area contributed by atoms with Crippen molar-refractivity contribution in [3.8, 4) is 11.1 Å². The van der Waals surface area contributed by atoms with Crippen LogP contribution in [0.1, 0.15) is 21.5 Å². The van der Waals surface area contributed by atoms with Crippen molar-refractivity contribution in [2.75, 3.05) is 33.3 Å². The zero-order chi connectivity index (χ0) is 22.6. The maximum atomic E-state index is 11.7. The van der Waals surface area contributed by atoms with E-state index in [-0.39, 0.29) is 5.97 Å². The Kier molecular flexibility index (Phi) is 6.19. The first-order chi connectivity index (χ1) is 16.2. The Bertz CT molecular complexity index is 1240. The molecular formula is C27H28N4O2. The molecule has 0 saturated carbocycles. The summed E-state index contributed by atoms with van der Waals surface area (Å²) >= 11 is 0. The number of carbonyl (C=O) groups excluding carboxylic acids is 1. The molecule has 6 nitrogen and oxygen atoms in total. The van der Waals surface area contributed by atoms with Crippen LogP contribution in [0, 0.1) is 0 Å². The summed E-state index contributed by atoms with van der Waals surface area (Å²) in [6.07, 6.45) is 3.96. The van der Waals surface area contributed by atoms with Crippen LogP contribution in [0.2, 0.25) is 0 Å². The highest BCUT2D eigenvalue weighted by molar-refractivity contribution is 5.93. The molecule has 1 saturated heterocycles. The molecule has 33 heavy (non-hydrogen) atoms. The van der Waals surface area contributed by atoms with E-state index in [0.717, 1.165) is 49.3 Å². The van der Waals surface area contributed by atoms with Crippen LogP contribution in [-0.2, 0) is 17.8 Å². The van der Waals surface area contributed by atoms with Crippen molar-refractivity contribution in [2.45, 2.75) is 13.1 Å². The highest BCUT2D eigenvalue weighted by Crippen LogP contribution is 2.29. The van der Waals surface area contributed by atoms with Gasteiger partial charge in [-0.05, 0) is 46.5 Å². The van der Waals surface area contributed by atoms with Crippen LogP contribution in [0.4, 0.5) is 0 Å². The van der Waals surface area contributed by atoms with E-state index < -0.39 is 0 Å². The fourth-order valence-corrected chi connectivity index (χ4v) is 4.45. The molecule has 5 rings (SSSR count). The van der Waals surface area contributed by atoms with E-state index in [9.17, 15) is 4.79 Å². The number of benzene rings is 2. The van der Waals surface area contributed by atoms with Crippen LogP contribution in [0.25, 0.3) is 22.2 Å². The average Bonchev–Trinajstić information content (AvgIpc) is 3.28. The van der Waals surface area contributed by atoms with Crippen molar-refractivity contribution in [3.63, 3.8) is 0 Å². The monoisotopic (exact) mass is 440 g/mol. The average molecular weight is 441 g/mol. The fraction of sp³-hybridized carbons (Fsp3) is 0.259. The van der Waals surface area contributed by atoms with Gasteiger partial charge in [0.2, 0.25) is 0 Å². The lowest BCUT2D eigenvalue weighted by atomic mass is 10.0. The molecule has 6 heteroatoms. The third-order valence-electron chi connectivity index (χ3n) is 6.27. The van der Waals surface area contributed by atoms with Gasteiger partial charge in [-0.2, -0.15) is 0 Å². The van der Waals surface area contributed by atoms with Gasteiger partial charge in [0, 0.05) is 57.0 Å². The van der Waals surface area contributed by atoms with Gasteiger partial charge in [-0.1, -0.05) is 36.4 Å². The lowest BCUT2D eigenvalue weighted by Gasteiger charge is -2.27. The maximum Gasteiger partial charge on any atom is 0.337 e. The predicted octanol–water partition coefficient (Wildman–Crippen LogP) is 3.94. The van der Waals surface area contributed by atoms with Gasteiger partial charge in [0.25, 0.3) is 0 Å². The van der Waals surface area contributed by atoms with E-state index in [0.29, 0.717) is 12.1 Å². The second kappa shape index (κ2) is 9.57. The van der Waals surface area contributed by atoms with Gasteiger partial charge in [-0.15, -0.1) is 0 Å². The van der Waals surface area contributed by atoms with E-state index in [1.54, 1.807) is 12.1 Å². The normalized spacial score (nSPS) is 14.5. The van der Waals surface area contributed by atoms with Gasteiger partial charge < -0.3 is 14.6 Å². The Morgan fingerprint density at radius 3 is 2.36 bits per heavy atom. The summed E-state index contributed by atoms with van der Waals surface area (Å²) in [5.74, 6) is -0.321. The largest absolute Gasteiger partial charge is 0.465 e. The minimum Gasteiger partial charge on any atom is -0.465 e. The Morgan fingerprint density at radius 2 is 1.64 bits per heavy atom. The molecular weight excluding hydrogens is 412 g/mol. The van der Waals surface area contributed by atoms with Gasteiger partial charge in [0.15, 0.2) is 0 Å². The minimum absolute atomic E-state index is 0.321. The molecule has 1 fully saturated rings. The molecule has 1 aliphatic rings. The number of fused-ring (bicyclic) bond motifs is 1. The van der Waals surface area contributed by atoms with Gasteiger partial charge in [-0.3, -0.25) is 4.90 Å². The molecule has 0 bridgehead atoms. The van der Waals surface area contributed by atoms with Crippen LogP contribution in [0.15, 0.2) is 73.1 Å². The molecule has 0 aliphatic carbocycles. The first-order valence-electron chi connectivity index (χ1n) is 11.3. The Morgan fingerprint density at radius 1 is 0.939 bits per heavy atom. The summed E-state index contributed by atoms with van der Waals surface area (Å²) in [5.41, 5.74) is 6.34. The fourth-order valence-electron chi connectivity index (χ4n) is 4.45. The third-order valence-corrected chi connectivity index (χ3v) is 6.27. The Balaban J connectivity index is 1.35. The quantitative estimate of drug-likeness (QED) is 0.460. The van der Waals surface area contributed by atoms with Gasteiger partial charge in [0.05, 0.1) is 12.7 Å². The number of nitrogens with zero attached hydrogens (tertiary/aromatic N) is 3. The summed E-state index contributed by atoms with van der Waals surface area (Å²) in [4.78, 5) is 18.8. The molecule has 4 aromatic rings. The molecule has 2 aromatic carbocycles. The number of pyridine rings is 1. The highest BCUT2D eigenvalue weighted by Gasteiger charge is 2.12. The van der Waals surface area contributed by atoms with Crippen molar-refractivity contribution in [1.82, 2.24) is 19.8 Å². The number of ether oxygens (including phenoxy) is 1. The molecule has 0 atom stereocenters. The molecule has 1 aliphatic heterocycles. The molecule has 0 amide bonds. The molecule has 0 unspecified atom stereocenters. The third kappa shape index (κ3) is 4.67. The van der Waals surface area contributed by atoms with Crippen molar-refractivity contribution in [2.24, 2.45) is 0 Å². The van der Waals surface area contributed by atoms with E-state index in [1.807, 2.05) is 18.3 Å². The number of aromatic nitrogens is 2. The lowest BCUT2D eigenvalue weighted by Crippen LogP contribution is -2.42. The number of esters is 1. The summed E-state index contributed by atoms with van der Waals surface area (Å²) in [6.45, 7) is 6.03. The Hall–Kier alpha value is -3.48. The molecule has 168 valence electrons. The van der Waals surface area contributed by atoms with Crippen LogP contribution in [0.3, 0.4) is 0 Å². The van der Waals surface area contributed by atoms with Crippen LogP contribution in [-0.4, -0.2) is 53.7 Å². The standard InChI is InChI=1S/C27H28N4O2/c1-33-27(32)23-8-4-21(5-9-23)19-31-15-11-25-24(10-12-29-26(25)31)22-6-2-20(3-7-22)18-30-16-13-28-14-17-30/h2-12,15,28H,13-14,16-19H2,1H3. The van der Waals surface area contributed by atoms with Gasteiger partial charge in [-0.25, -0.2) is 9.78 Å². The van der Waals surface area contributed by atoms with Crippen LogP contribution >= 0.6 is 0 Å². The van der Waals surface area contributed by atoms with Crippen molar-refractivity contribution in [1.29, 1.82) is 0 Å². The number of nitrogens with one attached hydrogen (secondary N) is 1. The van der Waals surface area contributed by atoms with E-state index in [2.05, 4.69) is 62.4 Å². The number of hydrogen-bond acceptors (Lipinski definition) is 5. The van der Waals surface area contributed by atoms with E-state index in [1.165, 1.54) is 23.8 Å². The molecule has 3 heterocycles. The molecule has 0 spiro atoms. The smallest absolute Gasteiger partial charge is 0.337 e. The second-order valence-corrected chi connectivity index (χ2v) is 8.45. The number of hydrogen-bond donors (Lipinski definition) is 1. The van der Waals surface area contributed by atoms with Crippen LogP contribution < -0.4 is 5.32 Å². The predicted molar refractivity (Wildman–Crippen MR) is 130 cm³/mol. The maximum absolute atomic E-state index is 11.7. The SMILES string of the molecule is COC(=O)c1ccc(Cn2ccc3c(-c4ccc(CN5CCNCC5)cc4)ccnc32)cc1. The van der Waals surface area contributed by atoms with E-state index >= 15 is 0 Å². The molecule has 1 N–H and O–H groups in total. The highest BCUT2D eigenvalue weighted by atomic mass is 16.5. The van der Waals surface area contributed by atoms with Crippen molar-refractivity contribution >= 4 is 17.0 Å². The molecule has 2 aromatic heterocycles. The summed E-state index contributed by atoms with van der Waals surface area (Å²) in [7, 11) is 1.39. The summed E-state index contributed by atoms with van der Waals surface area (Å²) < 4.78 is 6.92. The van der Waals surface area contributed by atoms with Gasteiger partial charge in [0.1, 0.15) is 5.65 Å². The van der Waals surface area contributed by atoms with E-state index in [4.69, 9.17) is 4.74 Å². The van der Waals surface area contributed by atoms with Crippen molar-refractivity contribution < 1.29 is 9.53 Å². The summed E-state index contributed by atoms with van der Waals surface area (Å²) in [6, 6.07) is 20.6. The Labute approximate surface area is 193 Å². The summed E-state index contributed by atoms with van der Waals surface area (Å²) in [5, 5.41) is 4.54. The van der Waals surface area contributed by atoms with Crippen molar-refractivity contribution in [3.05, 3.63) is 89.7 Å². The first kappa shape index (κ1) is 21.4. The first-order valence-corrected chi connectivity index (χ1v) is 11.3. The number of piperazine rings is 1. The zero-order valence-electron chi connectivity index (χ0n) is 18.8. The van der Waals surface area contributed by atoms with Crippen LogP contribution in [0.5, 0.6) is 0 Å².